The van der Waals surface area contributed by atoms with Gasteiger partial charge in [-0.1, -0.05) is 15.9 Å². The number of benzene rings is 1. The highest BCUT2D eigenvalue weighted by atomic mass is 79.9. The van der Waals surface area contributed by atoms with Gasteiger partial charge in [0.05, 0.1) is 12.1 Å². The number of likely N-dealkylation sites (N-methyl/N-ethyl adjacent to an activating group) is 1. The van der Waals surface area contributed by atoms with Crippen LogP contribution in [0, 0.1) is 5.82 Å². The molecule has 0 aromatic heterocycles. The van der Waals surface area contributed by atoms with E-state index in [2.05, 4.69) is 32.8 Å². The summed E-state index contributed by atoms with van der Waals surface area (Å²) in [5.41, 5.74) is 0.170. The molecule has 98 valence electrons. The second kappa shape index (κ2) is 5.91. The van der Waals surface area contributed by atoms with Crippen LogP contribution in [0.1, 0.15) is 10.4 Å². The zero-order chi connectivity index (χ0) is 13.1. The van der Waals surface area contributed by atoms with Gasteiger partial charge in [-0.25, -0.2) is 4.39 Å². The number of carbonyl (C=O) groups excluding carboxylic acids is 1. The number of carbonyl (C=O) groups is 1. The van der Waals surface area contributed by atoms with Crippen LogP contribution in [0.2, 0.25) is 0 Å². The van der Waals surface area contributed by atoms with Crippen LogP contribution in [0.5, 0.6) is 0 Å². The van der Waals surface area contributed by atoms with Gasteiger partial charge in [-0.3, -0.25) is 9.69 Å². The first-order valence-electron chi connectivity index (χ1n) is 5.95. The summed E-state index contributed by atoms with van der Waals surface area (Å²) in [7, 11) is 2.06. The molecule has 2 rings (SSSR count). The van der Waals surface area contributed by atoms with Gasteiger partial charge in [-0.15, -0.1) is 0 Å². The van der Waals surface area contributed by atoms with Crippen molar-refractivity contribution >= 4 is 21.7 Å². The fraction of sp³-hybridized carbons (Fsp3) is 0.462. The van der Waals surface area contributed by atoms with E-state index < -0.39 is 5.82 Å². The van der Waals surface area contributed by atoms with E-state index in [0.29, 0.717) is 6.54 Å². The van der Waals surface area contributed by atoms with Gasteiger partial charge >= 0.3 is 0 Å². The molecule has 18 heavy (non-hydrogen) atoms. The molecule has 1 aromatic carbocycles. The highest BCUT2D eigenvalue weighted by Gasteiger charge is 2.19. The maximum atomic E-state index is 13.6. The molecule has 0 unspecified atom stereocenters. The van der Waals surface area contributed by atoms with Gasteiger partial charge in [0.2, 0.25) is 0 Å². The summed E-state index contributed by atoms with van der Waals surface area (Å²) < 4.78 is 14.3. The molecule has 0 aliphatic carbocycles. The lowest BCUT2D eigenvalue weighted by Crippen LogP contribution is -2.46. The maximum absolute atomic E-state index is 13.6. The lowest BCUT2D eigenvalue weighted by Gasteiger charge is -2.31. The number of piperazine rings is 1. The van der Waals surface area contributed by atoms with E-state index in [0.717, 1.165) is 30.7 Å². The van der Waals surface area contributed by atoms with Crippen molar-refractivity contribution in [2.24, 2.45) is 0 Å². The Labute approximate surface area is 115 Å². The maximum Gasteiger partial charge on any atom is 0.179 e. The lowest BCUT2D eigenvalue weighted by atomic mass is 10.1. The van der Waals surface area contributed by atoms with Gasteiger partial charge in [0.25, 0.3) is 0 Å². The van der Waals surface area contributed by atoms with Gasteiger partial charge in [0, 0.05) is 30.7 Å². The van der Waals surface area contributed by atoms with E-state index in [1.165, 1.54) is 6.07 Å². The number of Topliss-reactive ketones (excluding diaryl/α,β-unsaturated/α-hetero) is 1. The Kier molecular flexibility index (Phi) is 4.48. The number of nitrogens with zero attached hydrogens (tertiary/aromatic N) is 2. The lowest BCUT2D eigenvalue weighted by molar-refractivity contribution is 0.0872. The Balaban J connectivity index is 2.01. The van der Waals surface area contributed by atoms with Crippen molar-refractivity contribution in [2.45, 2.75) is 0 Å². The van der Waals surface area contributed by atoms with E-state index in [-0.39, 0.29) is 11.3 Å². The zero-order valence-corrected chi connectivity index (χ0v) is 11.9. The molecule has 0 spiro atoms. The van der Waals surface area contributed by atoms with Gasteiger partial charge in [-0.2, -0.15) is 0 Å². The van der Waals surface area contributed by atoms with Gasteiger partial charge in [0.1, 0.15) is 5.82 Å². The van der Waals surface area contributed by atoms with Crippen molar-refractivity contribution in [1.29, 1.82) is 0 Å². The predicted octanol–water partition coefficient (Wildman–Crippen LogP) is 2.02. The average molecular weight is 315 g/mol. The summed E-state index contributed by atoms with van der Waals surface area (Å²) in [4.78, 5) is 16.3. The van der Waals surface area contributed by atoms with Crippen molar-refractivity contribution in [3.8, 4) is 0 Å². The highest BCUT2D eigenvalue weighted by molar-refractivity contribution is 9.10. The van der Waals surface area contributed by atoms with E-state index in [9.17, 15) is 9.18 Å². The third-order valence-corrected chi connectivity index (χ3v) is 3.69. The summed E-state index contributed by atoms with van der Waals surface area (Å²) in [5, 5.41) is 0. The number of rotatable bonds is 3. The van der Waals surface area contributed by atoms with Crippen molar-refractivity contribution in [2.75, 3.05) is 39.8 Å². The predicted molar refractivity (Wildman–Crippen MR) is 72.4 cm³/mol. The molecule has 1 heterocycles. The number of hydrogen-bond acceptors (Lipinski definition) is 3. The van der Waals surface area contributed by atoms with Gasteiger partial charge in [-0.05, 0) is 25.2 Å². The third kappa shape index (κ3) is 3.37. The molecule has 0 atom stereocenters. The summed E-state index contributed by atoms with van der Waals surface area (Å²) >= 11 is 3.26. The van der Waals surface area contributed by atoms with E-state index in [1.807, 2.05) is 0 Å². The standard InChI is InChI=1S/C13H16BrFN2O/c1-16-4-6-17(7-5-16)9-13(18)11-8-10(14)2-3-12(11)15/h2-3,8H,4-7,9H2,1H3. The van der Waals surface area contributed by atoms with Crippen molar-refractivity contribution in [3.05, 3.63) is 34.1 Å². The fourth-order valence-electron chi connectivity index (χ4n) is 2.01. The minimum absolute atomic E-state index is 0.154. The SMILES string of the molecule is CN1CCN(CC(=O)c2cc(Br)ccc2F)CC1. The molecule has 0 amide bonds. The Bertz CT molecular complexity index is 445. The van der Waals surface area contributed by atoms with Crippen LogP contribution in [-0.2, 0) is 0 Å². The number of hydrogen-bond donors (Lipinski definition) is 0. The van der Waals surface area contributed by atoms with Crippen LogP contribution in [-0.4, -0.2) is 55.4 Å². The Morgan fingerprint density at radius 1 is 1.33 bits per heavy atom. The first-order valence-corrected chi connectivity index (χ1v) is 6.75. The first-order chi connectivity index (χ1) is 8.56. The summed E-state index contributed by atoms with van der Waals surface area (Å²) in [6, 6.07) is 4.47. The van der Waals surface area contributed by atoms with Gasteiger partial charge < -0.3 is 4.90 Å². The van der Waals surface area contributed by atoms with Gasteiger partial charge in [0.15, 0.2) is 5.78 Å². The number of ketones is 1. The summed E-state index contributed by atoms with van der Waals surface area (Å²) in [5.74, 6) is -0.601. The molecule has 1 aliphatic heterocycles. The van der Waals surface area contributed by atoms with Crippen LogP contribution in [0.15, 0.2) is 22.7 Å². The van der Waals surface area contributed by atoms with Crippen molar-refractivity contribution < 1.29 is 9.18 Å². The Hall–Kier alpha value is -0.780. The molecule has 1 aliphatic rings. The molecule has 1 fully saturated rings. The van der Waals surface area contributed by atoms with Crippen LogP contribution < -0.4 is 0 Å². The minimum Gasteiger partial charge on any atom is -0.304 e. The first kappa shape index (κ1) is 13.6. The van der Waals surface area contributed by atoms with E-state index >= 15 is 0 Å². The van der Waals surface area contributed by atoms with Crippen LogP contribution in [0.25, 0.3) is 0 Å². The van der Waals surface area contributed by atoms with Crippen LogP contribution in [0.4, 0.5) is 4.39 Å². The third-order valence-electron chi connectivity index (χ3n) is 3.19. The molecule has 1 saturated heterocycles. The Morgan fingerprint density at radius 3 is 2.67 bits per heavy atom. The van der Waals surface area contributed by atoms with Crippen molar-refractivity contribution in [3.63, 3.8) is 0 Å². The molecule has 1 aromatic rings. The largest absolute Gasteiger partial charge is 0.304 e. The fourth-order valence-corrected chi connectivity index (χ4v) is 2.37. The van der Waals surface area contributed by atoms with Crippen LogP contribution in [0.3, 0.4) is 0 Å². The van der Waals surface area contributed by atoms with E-state index in [1.54, 1.807) is 12.1 Å². The van der Waals surface area contributed by atoms with E-state index in [4.69, 9.17) is 0 Å². The molecule has 3 nitrogen and oxygen atoms in total. The minimum atomic E-state index is -0.447. The smallest absolute Gasteiger partial charge is 0.179 e. The molecule has 0 bridgehead atoms. The molecule has 5 heteroatoms. The molecule has 0 saturated carbocycles. The summed E-state index contributed by atoms with van der Waals surface area (Å²) in [6.45, 7) is 3.92. The average Bonchev–Trinajstić information content (AvgIpc) is 2.35. The second-order valence-corrected chi connectivity index (χ2v) is 5.54. The monoisotopic (exact) mass is 314 g/mol. The molecule has 0 N–H and O–H groups in total. The second-order valence-electron chi connectivity index (χ2n) is 4.63. The zero-order valence-electron chi connectivity index (χ0n) is 10.3. The quantitative estimate of drug-likeness (QED) is 0.798. The van der Waals surface area contributed by atoms with Crippen LogP contribution >= 0.6 is 15.9 Å². The molecular weight excluding hydrogens is 299 g/mol. The number of halogens is 2. The topological polar surface area (TPSA) is 23.6 Å². The molecular formula is C13H16BrFN2O. The molecule has 0 radical (unpaired) electrons. The van der Waals surface area contributed by atoms with Crippen molar-refractivity contribution in [1.82, 2.24) is 9.80 Å². The normalized spacial score (nSPS) is 17.9. The highest BCUT2D eigenvalue weighted by Crippen LogP contribution is 2.16. The Morgan fingerprint density at radius 2 is 2.00 bits per heavy atom. The summed E-state index contributed by atoms with van der Waals surface area (Å²) in [6.07, 6.45) is 0.